The normalized spacial score (nSPS) is 13.7. The van der Waals surface area contributed by atoms with Crippen LogP contribution in [0.2, 0.25) is 0 Å². The second-order valence-corrected chi connectivity index (χ2v) is 4.36. The number of rotatable bonds is 7. The first-order valence-electron chi connectivity index (χ1n) is 6.59. The van der Waals surface area contributed by atoms with Crippen LogP contribution in [-0.4, -0.2) is 0 Å². The third kappa shape index (κ3) is 4.25. The van der Waals surface area contributed by atoms with Crippen LogP contribution in [0.15, 0.2) is 66.9 Å². The van der Waals surface area contributed by atoms with Crippen LogP contribution in [0.25, 0.3) is 0 Å². The summed E-state index contributed by atoms with van der Waals surface area (Å²) in [5.74, 6) is 0.417. The van der Waals surface area contributed by atoms with Crippen LogP contribution >= 0.6 is 0 Å². The van der Waals surface area contributed by atoms with E-state index in [0.29, 0.717) is 5.92 Å². The molecule has 0 radical (unpaired) electrons. The van der Waals surface area contributed by atoms with Crippen molar-refractivity contribution in [2.45, 2.75) is 32.1 Å². The lowest BCUT2D eigenvalue weighted by Crippen LogP contribution is -2.01. The summed E-state index contributed by atoms with van der Waals surface area (Å²) < 4.78 is 0. The maximum Gasteiger partial charge on any atom is 0.00891 e. The summed E-state index contributed by atoms with van der Waals surface area (Å²) in [6, 6.07) is 10.6. The van der Waals surface area contributed by atoms with E-state index in [1.54, 1.807) is 6.20 Å². The Morgan fingerprint density at radius 2 is 2.06 bits per heavy atom. The first kappa shape index (κ1) is 14.3. The van der Waals surface area contributed by atoms with Crippen LogP contribution in [0, 0.1) is 0 Å². The highest BCUT2D eigenvalue weighted by atomic mass is 14.5. The Hall–Kier alpha value is -1.76. The molecule has 96 valence electrons. The molecule has 0 fully saturated rings. The van der Waals surface area contributed by atoms with E-state index in [1.807, 2.05) is 12.2 Å². The van der Waals surface area contributed by atoms with Gasteiger partial charge in [-0.3, -0.25) is 0 Å². The number of benzene rings is 1. The molecular formula is C17H23N. The lowest BCUT2D eigenvalue weighted by atomic mass is 9.86. The van der Waals surface area contributed by atoms with Crippen molar-refractivity contribution in [3.05, 3.63) is 72.5 Å². The van der Waals surface area contributed by atoms with Gasteiger partial charge in [0.1, 0.15) is 0 Å². The molecule has 0 aliphatic heterocycles. The molecule has 1 rings (SSSR count). The summed E-state index contributed by atoms with van der Waals surface area (Å²) in [4.78, 5) is 0. The van der Waals surface area contributed by atoms with Crippen molar-refractivity contribution >= 4 is 0 Å². The van der Waals surface area contributed by atoms with Crippen molar-refractivity contribution in [3.8, 4) is 0 Å². The van der Waals surface area contributed by atoms with E-state index in [0.717, 1.165) is 6.42 Å². The summed E-state index contributed by atoms with van der Waals surface area (Å²) in [5.41, 5.74) is 7.99. The van der Waals surface area contributed by atoms with Gasteiger partial charge in [-0.05, 0) is 29.8 Å². The number of allylic oxidation sites excluding steroid dienone is 4. The molecule has 1 atom stereocenters. The molecule has 0 aromatic heterocycles. The summed E-state index contributed by atoms with van der Waals surface area (Å²) in [6.45, 7) is 6.15. The van der Waals surface area contributed by atoms with Crippen LogP contribution in [0.4, 0.5) is 0 Å². The van der Waals surface area contributed by atoms with Crippen molar-refractivity contribution in [2.75, 3.05) is 0 Å². The van der Waals surface area contributed by atoms with Crippen molar-refractivity contribution < 1.29 is 0 Å². The minimum absolute atomic E-state index is 0.417. The van der Waals surface area contributed by atoms with Gasteiger partial charge in [-0.2, -0.15) is 0 Å². The molecule has 0 bridgehead atoms. The predicted octanol–water partition coefficient (Wildman–Crippen LogP) is 4.55. The molecule has 0 aliphatic rings. The fraction of sp³-hybridized carbons (Fsp3) is 0.294. The summed E-state index contributed by atoms with van der Waals surface area (Å²) in [5, 5.41) is 0. The Morgan fingerprint density at radius 3 is 2.61 bits per heavy atom. The fourth-order valence-corrected chi connectivity index (χ4v) is 2.11. The van der Waals surface area contributed by atoms with Gasteiger partial charge in [0.15, 0.2) is 0 Å². The zero-order chi connectivity index (χ0) is 13.2. The molecule has 0 spiro atoms. The monoisotopic (exact) mass is 241 g/mol. The lowest BCUT2D eigenvalue weighted by Gasteiger charge is -2.18. The molecule has 1 nitrogen and oxygen atoms in total. The average Bonchev–Trinajstić information content (AvgIpc) is 2.43. The van der Waals surface area contributed by atoms with E-state index >= 15 is 0 Å². The van der Waals surface area contributed by atoms with Gasteiger partial charge in [0, 0.05) is 5.92 Å². The fourth-order valence-electron chi connectivity index (χ4n) is 2.11. The van der Waals surface area contributed by atoms with Crippen LogP contribution < -0.4 is 5.73 Å². The lowest BCUT2D eigenvalue weighted by molar-refractivity contribution is 0.650. The highest BCUT2D eigenvalue weighted by molar-refractivity contribution is 5.36. The maximum atomic E-state index is 5.41. The van der Waals surface area contributed by atoms with Gasteiger partial charge < -0.3 is 5.73 Å². The van der Waals surface area contributed by atoms with Gasteiger partial charge in [-0.1, -0.05) is 68.8 Å². The molecule has 0 saturated heterocycles. The van der Waals surface area contributed by atoms with Crippen LogP contribution in [0.3, 0.4) is 0 Å². The van der Waals surface area contributed by atoms with Gasteiger partial charge in [0.05, 0.1) is 0 Å². The number of hydrogen-bond donors (Lipinski definition) is 1. The second kappa shape index (κ2) is 8.35. The van der Waals surface area contributed by atoms with Crippen molar-refractivity contribution in [3.63, 3.8) is 0 Å². The van der Waals surface area contributed by atoms with Gasteiger partial charge in [-0.15, -0.1) is 0 Å². The van der Waals surface area contributed by atoms with Gasteiger partial charge in [-0.25, -0.2) is 0 Å². The maximum absolute atomic E-state index is 5.41. The Bertz CT molecular complexity index is 401. The Balaban J connectivity index is 3.00. The zero-order valence-electron chi connectivity index (χ0n) is 11.2. The van der Waals surface area contributed by atoms with E-state index < -0.39 is 0 Å². The van der Waals surface area contributed by atoms with Crippen LogP contribution in [0.1, 0.15) is 37.7 Å². The van der Waals surface area contributed by atoms with Crippen molar-refractivity contribution in [1.82, 2.24) is 0 Å². The molecule has 1 heteroatoms. The summed E-state index contributed by atoms with van der Waals surface area (Å²) in [6.07, 6.45) is 11.0. The van der Waals surface area contributed by atoms with E-state index in [-0.39, 0.29) is 0 Å². The Kier molecular flexibility index (Phi) is 6.63. The second-order valence-electron chi connectivity index (χ2n) is 4.36. The van der Waals surface area contributed by atoms with Crippen molar-refractivity contribution in [1.29, 1.82) is 0 Å². The van der Waals surface area contributed by atoms with Crippen LogP contribution in [-0.2, 0) is 0 Å². The summed E-state index contributed by atoms with van der Waals surface area (Å²) >= 11 is 0. The minimum atomic E-state index is 0.417. The first-order chi connectivity index (χ1) is 8.83. The SMILES string of the molecule is C=C/C(=C\C=C/N)C(CCCC)c1ccccc1. The molecule has 0 heterocycles. The third-order valence-electron chi connectivity index (χ3n) is 3.09. The quantitative estimate of drug-likeness (QED) is 0.696. The molecule has 1 aromatic rings. The third-order valence-corrected chi connectivity index (χ3v) is 3.09. The molecule has 1 unspecified atom stereocenters. The highest BCUT2D eigenvalue weighted by Gasteiger charge is 2.13. The number of hydrogen-bond acceptors (Lipinski definition) is 1. The largest absolute Gasteiger partial charge is 0.405 e. The molecule has 0 aliphatic carbocycles. The first-order valence-corrected chi connectivity index (χ1v) is 6.59. The molecule has 0 saturated carbocycles. The topological polar surface area (TPSA) is 26.0 Å². The van der Waals surface area contributed by atoms with Crippen molar-refractivity contribution in [2.24, 2.45) is 5.73 Å². The van der Waals surface area contributed by atoms with Crippen LogP contribution in [0.5, 0.6) is 0 Å². The molecule has 0 amide bonds. The van der Waals surface area contributed by atoms with E-state index in [9.17, 15) is 0 Å². The molecule has 1 aromatic carbocycles. The average molecular weight is 241 g/mol. The minimum Gasteiger partial charge on any atom is -0.405 e. The highest BCUT2D eigenvalue weighted by Crippen LogP contribution is 2.30. The molecular weight excluding hydrogens is 218 g/mol. The van der Waals surface area contributed by atoms with E-state index in [1.165, 1.54) is 24.0 Å². The Morgan fingerprint density at radius 1 is 1.33 bits per heavy atom. The predicted molar refractivity (Wildman–Crippen MR) is 80.3 cm³/mol. The molecule has 2 N–H and O–H groups in total. The molecule has 18 heavy (non-hydrogen) atoms. The van der Waals surface area contributed by atoms with E-state index in [4.69, 9.17) is 5.73 Å². The standard InChI is InChI=1S/C17H23N/c1-3-5-13-17(15(4-2)12-9-14-18)16-10-7-6-8-11-16/h4,6-12,14,17H,2-3,5,13,18H2,1H3/b14-9-,15-12+. The summed E-state index contributed by atoms with van der Waals surface area (Å²) in [7, 11) is 0. The van der Waals surface area contributed by atoms with Gasteiger partial charge >= 0.3 is 0 Å². The van der Waals surface area contributed by atoms with Gasteiger partial charge in [0.25, 0.3) is 0 Å². The van der Waals surface area contributed by atoms with E-state index in [2.05, 4.69) is 49.9 Å². The number of nitrogens with two attached hydrogens (primary N) is 1. The van der Waals surface area contributed by atoms with Gasteiger partial charge in [0.2, 0.25) is 0 Å². The smallest absolute Gasteiger partial charge is 0.00891 e. The zero-order valence-corrected chi connectivity index (χ0v) is 11.2. The number of unbranched alkanes of at least 4 members (excludes halogenated alkanes) is 1. The Labute approximate surface area is 111 Å².